The van der Waals surface area contributed by atoms with Gasteiger partial charge in [-0.05, 0) is 39.2 Å². The van der Waals surface area contributed by atoms with E-state index < -0.39 is 0 Å². The third-order valence-electron chi connectivity index (χ3n) is 3.07. The molecule has 1 unspecified atom stereocenters. The Balaban J connectivity index is 1.79. The Labute approximate surface area is 63.4 Å². The summed E-state index contributed by atoms with van der Waals surface area (Å²) in [5, 5.41) is 0. The first kappa shape index (κ1) is 6.66. The van der Waals surface area contributed by atoms with Crippen molar-refractivity contribution in [2.24, 2.45) is 0 Å². The molecule has 1 heteroatoms. The third-order valence-corrected chi connectivity index (χ3v) is 3.07. The van der Waals surface area contributed by atoms with Crippen LogP contribution in [0.25, 0.3) is 0 Å². The molecule has 0 N–H and O–H groups in total. The minimum atomic E-state index is 0.838. The van der Waals surface area contributed by atoms with Crippen LogP contribution >= 0.6 is 0 Å². The van der Waals surface area contributed by atoms with E-state index in [2.05, 4.69) is 18.4 Å². The van der Waals surface area contributed by atoms with Gasteiger partial charge in [0.15, 0.2) is 0 Å². The van der Waals surface area contributed by atoms with E-state index in [1.165, 1.54) is 32.1 Å². The van der Waals surface area contributed by atoms with Gasteiger partial charge in [0.05, 0.1) is 0 Å². The van der Waals surface area contributed by atoms with Crippen molar-refractivity contribution in [3.8, 4) is 0 Å². The summed E-state index contributed by atoms with van der Waals surface area (Å²) in [6.07, 6.45) is 9.55. The quantitative estimate of drug-likeness (QED) is 0.562. The van der Waals surface area contributed by atoms with Crippen LogP contribution in [0, 0.1) is 6.42 Å². The van der Waals surface area contributed by atoms with Gasteiger partial charge in [0, 0.05) is 12.1 Å². The predicted molar refractivity (Wildman–Crippen MR) is 42.7 cm³/mol. The highest BCUT2D eigenvalue weighted by molar-refractivity contribution is 4.97. The fourth-order valence-electron chi connectivity index (χ4n) is 1.75. The maximum Gasteiger partial charge on any atom is 0.0127 e. The number of nitrogens with zero attached hydrogens (tertiary/aromatic N) is 1. The van der Waals surface area contributed by atoms with Crippen LogP contribution in [-0.4, -0.2) is 24.0 Å². The molecule has 0 aromatic rings. The Morgan fingerprint density at radius 1 is 1.30 bits per heavy atom. The van der Waals surface area contributed by atoms with Gasteiger partial charge < -0.3 is 4.90 Å². The molecular weight excluding hydrogens is 122 g/mol. The summed E-state index contributed by atoms with van der Waals surface area (Å²) in [7, 11) is 2.28. The van der Waals surface area contributed by atoms with Crippen molar-refractivity contribution >= 4 is 0 Å². The van der Waals surface area contributed by atoms with Crippen LogP contribution in [0.1, 0.15) is 32.1 Å². The Morgan fingerprint density at radius 3 is 2.30 bits per heavy atom. The molecule has 1 atom stereocenters. The summed E-state index contributed by atoms with van der Waals surface area (Å²) in [5.41, 5.74) is 0. The van der Waals surface area contributed by atoms with E-state index in [9.17, 15) is 0 Å². The lowest BCUT2D eigenvalue weighted by atomic mass is 9.85. The molecule has 2 aliphatic carbocycles. The molecule has 2 rings (SSSR count). The van der Waals surface area contributed by atoms with Crippen molar-refractivity contribution in [1.29, 1.82) is 0 Å². The Morgan fingerprint density at radius 2 is 2.00 bits per heavy atom. The van der Waals surface area contributed by atoms with Crippen molar-refractivity contribution in [1.82, 2.24) is 4.90 Å². The molecule has 1 radical (unpaired) electrons. The summed E-state index contributed by atoms with van der Waals surface area (Å²) < 4.78 is 0. The van der Waals surface area contributed by atoms with Gasteiger partial charge in [0.2, 0.25) is 0 Å². The molecule has 0 spiro atoms. The predicted octanol–water partition coefficient (Wildman–Crippen LogP) is 1.84. The molecule has 10 heavy (non-hydrogen) atoms. The van der Waals surface area contributed by atoms with Crippen molar-refractivity contribution in [2.45, 2.75) is 44.2 Å². The Kier molecular flexibility index (Phi) is 1.69. The van der Waals surface area contributed by atoms with Crippen molar-refractivity contribution in [3.05, 3.63) is 6.42 Å². The molecule has 0 bridgehead atoms. The molecule has 57 valence electrons. The van der Waals surface area contributed by atoms with Crippen LogP contribution in [0.5, 0.6) is 0 Å². The smallest absolute Gasteiger partial charge is 0.0127 e. The first-order chi connectivity index (χ1) is 4.88. The largest absolute Gasteiger partial charge is 0.300 e. The molecule has 1 nitrogen and oxygen atoms in total. The molecule has 0 heterocycles. The van der Waals surface area contributed by atoms with Gasteiger partial charge in [-0.1, -0.05) is 6.42 Å². The monoisotopic (exact) mass is 138 g/mol. The average Bonchev–Trinajstić information content (AvgIpc) is 1.52. The van der Waals surface area contributed by atoms with Crippen molar-refractivity contribution in [3.63, 3.8) is 0 Å². The lowest BCUT2D eigenvalue weighted by molar-refractivity contribution is 0.0979. The summed E-state index contributed by atoms with van der Waals surface area (Å²) in [6.45, 7) is 0. The zero-order chi connectivity index (χ0) is 6.97. The lowest BCUT2D eigenvalue weighted by Gasteiger charge is -2.43. The second-order valence-corrected chi connectivity index (χ2v) is 3.63. The van der Waals surface area contributed by atoms with Crippen LogP contribution in [0.3, 0.4) is 0 Å². The summed E-state index contributed by atoms with van der Waals surface area (Å²) in [4.78, 5) is 2.56. The second-order valence-electron chi connectivity index (χ2n) is 3.63. The van der Waals surface area contributed by atoms with Crippen LogP contribution < -0.4 is 0 Å². The number of rotatable bonds is 2. The molecule has 2 saturated carbocycles. The SMILES string of the molecule is CN(C1[CH]CC1)C1CCC1. The number of hydrogen-bond acceptors (Lipinski definition) is 1. The topological polar surface area (TPSA) is 3.24 Å². The van der Waals surface area contributed by atoms with Crippen LogP contribution in [0.15, 0.2) is 0 Å². The van der Waals surface area contributed by atoms with Gasteiger partial charge >= 0.3 is 0 Å². The molecule has 2 aliphatic rings. The molecule has 2 fully saturated rings. The van der Waals surface area contributed by atoms with Crippen molar-refractivity contribution < 1.29 is 0 Å². The van der Waals surface area contributed by atoms with Gasteiger partial charge in [0.1, 0.15) is 0 Å². The van der Waals surface area contributed by atoms with E-state index in [1.54, 1.807) is 0 Å². The average molecular weight is 138 g/mol. The third kappa shape index (κ3) is 0.968. The van der Waals surface area contributed by atoms with E-state index in [0.29, 0.717) is 0 Å². The minimum Gasteiger partial charge on any atom is -0.300 e. The molecule has 0 aliphatic heterocycles. The zero-order valence-corrected chi connectivity index (χ0v) is 6.71. The normalized spacial score (nSPS) is 28.2. The number of hydrogen-bond donors (Lipinski definition) is 0. The fourth-order valence-corrected chi connectivity index (χ4v) is 1.75. The highest BCUT2D eigenvalue weighted by Crippen LogP contribution is 2.31. The van der Waals surface area contributed by atoms with Crippen LogP contribution in [0.2, 0.25) is 0 Å². The minimum absolute atomic E-state index is 0.838. The standard InChI is InChI=1S/C9H16N/c1-10(8-4-2-5-8)9-6-3-7-9/h4,8-9H,2-3,5-7H2,1H3. The summed E-state index contributed by atoms with van der Waals surface area (Å²) >= 11 is 0. The van der Waals surface area contributed by atoms with Gasteiger partial charge in [-0.3, -0.25) is 0 Å². The van der Waals surface area contributed by atoms with E-state index in [1.807, 2.05) is 0 Å². The molecule has 0 saturated heterocycles. The van der Waals surface area contributed by atoms with E-state index in [0.717, 1.165) is 12.1 Å². The first-order valence-corrected chi connectivity index (χ1v) is 4.43. The maximum absolute atomic E-state index is 2.56. The Bertz CT molecular complexity index is 99.9. The van der Waals surface area contributed by atoms with Crippen molar-refractivity contribution in [2.75, 3.05) is 7.05 Å². The van der Waals surface area contributed by atoms with E-state index >= 15 is 0 Å². The zero-order valence-electron chi connectivity index (χ0n) is 6.71. The molecule has 0 amide bonds. The highest BCUT2D eigenvalue weighted by atomic mass is 15.2. The van der Waals surface area contributed by atoms with Gasteiger partial charge in [-0.25, -0.2) is 0 Å². The molecule has 0 aromatic heterocycles. The van der Waals surface area contributed by atoms with Gasteiger partial charge in [0.25, 0.3) is 0 Å². The van der Waals surface area contributed by atoms with Crippen LogP contribution in [-0.2, 0) is 0 Å². The van der Waals surface area contributed by atoms with Gasteiger partial charge in [-0.2, -0.15) is 0 Å². The van der Waals surface area contributed by atoms with E-state index in [4.69, 9.17) is 0 Å². The lowest BCUT2D eigenvalue weighted by Crippen LogP contribution is -2.47. The summed E-state index contributed by atoms with van der Waals surface area (Å²) in [5.74, 6) is 0. The highest BCUT2D eigenvalue weighted by Gasteiger charge is 2.30. The molecule has 0 aromatic carbocycles. The Hall–Kier alpha value is -0.0400. The molecular formula is C9H16N. The summed E-state index contributed by atoms with van der Waals surface area (Å²) in [6, 6.07) is 1.77. The van der Waals surface area contributed by atoms with Crippen LogP contribution in [0.4, 0.5) is 0 Å². The van der Waals surface area contributed by atoms with Gasteiger partial charge in [-0.15, -0.1) is 0 Å². The van der Waals surface area contributed by atoms with E-state index in [-0.39, 0.29) is 0 Å². The first-order valence-electron chi connectivity index (χ1n) is 4.43. The second kappa shape index (κ2) is 2.54. The maximum atomic E-state index is 2.56. The fraction of sp³-hybridized carbons (Fsp3) is 0.889.